The first kappa shape index (κ1) is 24.1. The molecule has 10 heteroatoms. The maximum Gasteiger partial charge on any atom is 0.303 e. The molecule has 1 aliphatic rings. The number of carboxylic acids is 1. The van der Waals surface area contributed by atoms with Gasteiger partial charge < -0.3 is 29.7 Å². The molecule has 166 valence electrons. The summed E-state index contributed by atoms with van der Waals surface area (Å²) in [5.74, 6) is -0.820. The van der Waals surface area contributed by atoms with Crippen molar-refractivity contribution >= 4 is 5.97 Å². The molecule has 1 aromatic carbocycles. The lowest BCUT2D eigenvalue weighted by molar-refractivity contribution is -0.263. The molecule has 0 bridgehead atoms. The van der Waals surface area contributed by atoms with E-state index in [9.17, 15) is 9.90 Å². The number of unbranched alkanes of at least 4 members (excludes halogenated alkanes) is 2. The monoisotopic (exact) mass is 422 g/mol. The van der Waals surface area contributed by atoms with E-state index in [0.29, 0.717) is 32.4 Å². The molecule has 0 unspecified atom stereocenters. The molecule has 0 saturated carbocycles. The van der Waals surface area contributed by atoms with Gasteiger partial charge in [0.05, 0.1) is 18.7 Å². The molecule has 1 heterocycles. The van der Waals surface area contributed by atoms with Gasteiger partial charge in [-0.15, -0.1) is 0 Å². The second-order valence-corrected chi connectivity index (χ2v) is 7.11. The topological polar surface area (TPSA) is 146 Å². The number of azide groups is 1. The number of aliphatic carboxylic acids is 1. The maximum absolute atomic E-state index is 11.0. The molecule has 0 radical (unpaired) electrons. The van der Waals surface area contributed by atoms with E-state index in [-0.39, 0.29) is 13.0 Å². The van der Waals surface area contributed by atoms with Gasteiger partial charge in [0.25, 0.3) is 0 Å². The number of methoxy groups -OCH3 is 1. The van der Waals surface area contributed by atoms with E-state index in [1.807, 2.05) is 30.3 Å². The quantitative estimate of drug-likeness (QED) is 0.191. The van der Waals surface area contributed by atoms with Gasteiger partial charge in [-0.25, -0.2) is 0 Å². The summed E-state index contributed by atoms with van der Waals surface area (Å²) < 4.78 is 17.2. The fourth-order valence-corrected chi connectivity index (χ4v) is 3.41. The lowest BCUT2D eigenvalue weighted by Crippen LogP contribution is -2.64. The Labute approximate surface area is 175 Å². The summed E-state index contributed by atoms with van der Waals surface area (Å²) in [5.41, 5.74) is 9.71. The number of rotatable bonds is 13. The van der Waals surface area contributed by atoms with Gasteiger partial charge in [0.1, 0.15) is 12.2 Å². The predicted molar refractivity (Wildman–Crippen MR) is 109 cm³/mol. The first-order chi connectivity index (χ1) is 14.6. The van der Waals surface area contributed by atoms with E-state index in [0.717, 1.165) is 5.56 Å². The van der Waals surface area contributed by atoms with Crippen LogP contribution in [0.15, 0.2) is 35.4 Å². The van der Waals surface area contributed by atoms with Crippen molar-refractivity contribution in [1.29, 1.82) is 0 Å². The minimum atomic E-state index is -0.953. The molecule has 3 N–H and O–H groups in total. The Bertz CT molecular complexity index is 685. The van der Waals surface area contributed by atoms with Crippen LogP contribution in [0.3, 0.4) is 0 Å². The third-order valence-corrected chi connectivity index (χ3v) is 4.96. The lowest BCUT2D eigenvalue weighted by atomic mass is 9.96. The van der Waals surface area contributed by atoms with E-state index in [4.69, 9.17) is 24.8 Å². The van der Waals surface area contributed by atoms with Crippen LogP contribution in [0.25, 0.3) is 10.4 Å². The summed E-state index contributed by atoms with van der Waals surface area (Å²) in [4.78, 5) is 13.4. The highest BCUT2D eigenvalue weighted by atomic mass is 16.7. The molecule has 0 amide bonds. The van der Waals surface area contributed by atoms with Crippen molar-refractivity contribution in [2.24, 2.45) is 5.11 Å². The molecule has 1 aliphatic heterocycles. The molecule has 5 atom stereocenters. The zero-order chi connectivity index (χ0) is 21.8. The average Bonchev–Trinajstić information content (AvgIpc) is 2.75. The van der Waals surface area contributed by atoms with E-state index >= 15 is 0 Å². The first-order valence-electron chi connectivity index (χ1n) is 10.0. The number of benzene rings is 1. The molecule has 0 spiro atoms. The number of nitrogens with one attached hydrogen (secondary N) is 1. The average molecular weight is 422 g/mol. The summed E-state index contributed by atoms with van der Waals surface area (Å²) >= 11 is 0. The summed E-state index contributed by atoms with van der Waals surface area (Å²) in [6.07, 6.45) is -1.02. The van der Waals surface area contributed by atoms with Crippen molar-refractivity contribution in [3.63, 3.8) is 0 Å². The van der Waals surface area contributed by atoms with Crippen LogP contribution in [0.4, 0.5) is 0 Å². The third kappa shape index (κ3) is 7.56. The van der Waals surface area contributed by atoms with Gasteiger partial charge in [0.2, 0.25) is 0 Å². The highest BCUT2D eigenvalue weighted by Gasteiger charge is 2.45. The normalized spacial score (nSPS) is 26.1. The minimum absolute atomic E-state index is 0.00249. The zero-order valence-corrected chi connectivity index (χ0v) is 17.1. The van der Waals surface area contributed by atoms with Crippen LogP contribution in [0.2, 0.25) is 0 Å². The van der Waals surface area contributed by atoms with Crippen molar-refractivity contribution in [3.05, 3.63) is 46.3 Å². The number of nitrogens with zero attached hydrogens (tertiary/aromatic N) is 3. The van der Waals surface area contributed by atoms with Gasteiger partial charge in [-0.05, 0) is 23.9 Å². The van der Waals surface area contributed by atoms with Gasteiger partial charge in [-0.1, -0.05) is 41.9 Å². The van der Waals surface area contributed by atoms with E-state index in [1.165, 1.54) is 7.11 Å². The largest absolute Gasteiger partial charge is 0.481 e. The van der Waals surface area contributed by atoms with Crippen molar-refractivity contribution in [1.82, 2.24) is 5.32 Å². The first-order valence-corrected chi connectivity index (χ1v) is 10.0. The van der Waals surface area contributed by atoms with Crippen LogP contribution in [0.5, 0.6) is 0 Å². The van der Waals surface area contributed by atoms with Crippen LogP contribution in [0.1, 0.15) is 31.2 Å². The Morgan fingerprint density at radius 1 is 1.30 bits per heavy atom. The Morgan fingerprint density at radius 3 is 2.73 bits per heavy atom. The van der Waals surface area contributed by atoms with Crippen LogP contribution < -0.4 is 5.32 Å². The van der Waals surface area contributed by atoms with Gasteiger partial charge in [0, 0.05) is 31.6 Å². The standard InChI is InChI=1S/C20H30N4O6/c1-28-20-17(22-12-14-8-4-2-5-9-14)18(27)19(15(30-20)13-23-24-21)29-11-7-3-6-10-16(25)26/h2,4-5,8-9,15,17-20,22,27H,3,6-7,10-13H2,1H3,(H,25,26)/t15-,17-,18-,19-,20+/m1/s1. The van der Waals surface area contributed by atoms with Crippen molar-refractivity contribution in [2.45, 2.75) is 62.9 Å². The zero-order valence-electron chi connectivity index (χ0n) is 17.1. The Hall–Kier alpha value is -2.20. The molecule has 30 heavy (non-hydrogen) atoms. The molecule has 0 aliphatic carbocycles. The molecule has 1 aromatic rings. The predicted octanol–water partition coefficient (Wildman–Crippen LogP) is 2.22. The summed E-state index contributed by atoms with van der Waals surface area (Å²) in [5, 5.41) is 26.5. The molecule has 10 nitrogen and oxygen atoms in total. The molecule has 0 aromatic heterocycles. The summed E-state index contributed by atoms with van der Waals surface area (Å²) in [6, 6.07) is 9.20. The Morgan fingerprint density at radius 2 is 2.07 bits per heavy atom. The highest BCUT2D eigenvalue weighted by molar-refractivity contribution is 5.66. The number of carboxylic acid groups (broad SMARTS) is 1. The number of hydrogen-bond donors (Lipinski definition) is 3. The van der Waals surface area contributed by atoms with E-state index in [2.05, 4.69) is 15.3 Å². The molecular formula is C20H30N4O6. The lowest BCUT2D eigenvalue weighted by Gasteiger charge is -2.44. The van der Waals surface area contributed by atoms with Crippen molar-refractivity contribution in [3.8, 4) is 0 Å². The fraction of sp³-hybridized carbons (Fsp3) is 0.650. The molecule has 1 saturated heterocycles. The second kappa shape index (κ2) is 13.2. The Balaban J connectivity index is 1.98. The van der Waals surface area contributed by atoms with Gasteiger partial charge in [-0.2, -0.15) is 0 Å². The second-order valence-electron chi connectivity index (χ2n) is 7.11. The summed E-state index contributed by atoms with van der Waals surface area (Å²) in [7, 11) is 1.49. The SMILES string of the molecule is CO[C@H]1O[C@H](CN=[N+]=[N-])[C@@H](OCCCCCC(=O)O)[C@H](O)[C@H]1NCc1ccccc1. The van der Waals surface area contributed by atoms with Crippen molar-refractivity contribution < 1.29 is 29.2 Å². The molecule has 2 rings (SSSR count). The van der Waals surface area contributed by atoms with Gasteiger partial charge >= 0.3 is 5.97 Å². The maximum atomic E-state index is 11.0. The smallest absolute Gasteiger partial charge is 0.303 e. The van der Waals surface area contributed by atoms with Crippen LogP contribution >= 0.6 is 0 Å². The van der Waals surface area contributed by atoms with Crippen LogP contribution in [0, 0.1) is 0 Å². The number of ether oxygens (including phenoxy) is 3. The number of aliphatic hydroxyl groups excluding tert-OH is 1. The molecule has 1 fully saturated rings. The third-order valence-electron chi connectivity index (χ3n) is 4.96. The minimum Gasteiger partial charge on any atom is -0.481 e. The van der Waals surface area contributed by atoms with E-state index in [1.54, 1.807) is 0 Å². The van der Waals surface area contributed by atoms with Crippen LogP contribution in [-0.4, -0.2) is 67.1 Å². The number of hydrogen-bond acceptors (Lipinski definition) is 7. The Kier molecular flexibility index (Phi) is 10.6. The van der Waals surface area contributed by atoms with Gasteiger partial charge in [-0.3, -0.25) is 4.79 Å². The van der Waals surface area contributed by atoms with Crippen LogP contribution in [-0.2, 0) is 25.5 Å². The fourth-order valence-electron chi connectivity index (χ4n) is 3.41. The van der Waals surface area contributed by atoms with Gasteiger partial charge in [0.15, 0.2) is 6.29 Å². The number of carbonyl (C=O) groups is 1. The van der Waals surface area contributed by atoms with Crippen molar-refractivity contribution in [2.75, 3.05) is 20.3 Å². The summed E-state index contributed by atoms with van der Waals surface area (Å²) in [6.45, 7) is 0.845. The number of aliphatic hydroxyl groups is 1. The highest BCUT2D eigenvalue weighted by Crippen LogP contribution is 2.25. The van der Waals surface area contributed by atoms with E-state index < -0.39 is 36.6 Å². The molecular weight excluding hydrogens is 392 g/mol.